The van der Waals surface area contributed by atoms with Gasteiger partial charge in [0.2, 0.25) is 0 Å². The van der Waals surface area contributed by atoms with E-state index in [9.17, 15) is 4.79 Å². The number of aliphatic hydroxyl groups is 1. The molecule has 3 unspecified atom stereocenters. The number of carbonyl (C=O) groups is 1. The lowest BCUT2D eigenvalue weighted by Gasteiger charge is -2.52. The summed E-state index contributed by atoms with van der Waals surface area (Å²) in [5.41, 5.74) is 3.04. The van der Waals surface area contributed by atoms with E-state index in [4.69, 9.17) is 5.11 Å². The Balaban J connectivity index is 1.97. The van der Waals surface area contributed by atoms with Gasteiger partial charge in [0, 0.05) is 18.4 Å². The Labute approximate surface area is 122 Å². The molecule has 3 aliphatic rings. The number of rotatable bonds is 4. The zero-order chi connectivity index (χ0) is 14.5. The van der Waals surface area contributed by atoms with Crippen LogP contribution in [0.1, 0.15) is 65.7 Å². The van der Waals surface area contributed by atoms with E-state index in [-0.39, 0.29) is 10.8 Å². The number of aliphatic hydroxyl groups excluding tert-OH is 1. The second-order valence-corrected chi connectivity index (χ2v) is 7.79. The van der Waals surface area contributed by atoms with Crippen LogP contribution in [-0.2, 0) is 4.79 Å². The molecule has 2 nitrogen and oxygen atoms in total. The van der Waals surface area contributed by atoms with Crippen LogP contribution in [0, 0.1) is 22.7 Å². The van der Waals surface area contributed by atoms with E-state index < -0.39 is 0 Å². The van der Waals surface area contributed by atoms with Crippen molar-refractivity contribution in [2.75, 3.05) is 6.61 Å². The van der Waals surface area contributed by atoms with E-state index in [1.807, 2.05) is 0 Å². The molecular weight excluding hydrogens is 248 g/mol. The Morgan fingerprint density at radius 1 is 1.25 bits per heavy atom. The first-order chi connectivity index (χ1) is 9.45. The Morgan fingerprint density at radius 3 is 2.70 bits per heavy atom. The lowest BCUT2D eigenvalue weighted by Crippen LogP contribution is -2.46. The molecular formula is C18H28O2. The van der Waals surface area contributed by atoms with E-state index in [1.54, 1.807) is 0 Å². The third-order valence-corrected chi connectivity index (χ3v) is 6.99. The highest BCUT2D eigenvalue weighted by Crippen LogP contribution is 2.72. The molecule has 0 aliphatic heterocycles. The van der Waals surface area contributed by atoms with Crippen molar-refractivity contribution >= 4 is 5.78 Å². The predicted octanol–water partition coefficient (Wildman–Crippen LogP) is 3.88. The van der Waals surface area contributed by atoms with Crippen molar-refractivity contribution in [3.05, 3.63) is 11.1 Å². The summed E-state index contributed by atoms with van der Waals surface area (Å²) in [6.07, 6.45) is 7.73. The van der Waals surface area contributed by atoms with Crippen molar-refractivity contribution in [3.63, 3.8) is 0 Å². The fourth-order valence-electron chi connectivity index (χ4n) is 5.73. The van der Waals surface area contributed by atoms with Gasteiger partial charge in [-0.2, -0.15) is 0 Å². The summed E-state index contributed by atoms with van der Waals surface area (Å²) in [6.45, 7) is 7.18. The minimum atomic E-state index is 0.159. The highest BCUT2D eigenvalue weighted by Gasteiger charge is 2.65. The van der Waals surface area contributed by atoms with Gasteiger partial charge in [-0.15, -0.1) is 0 Å². The first-order valence-electron chi connectivity index (χ1n) is 8.29. The van der Waals surface area contributed by atoms with Crippen molar-refractivity contribution in [3.8, 4) is 0 Å². The molecule has 1 N–H and O–H groups in total. The zero-order valence-corrected chi connectivity index (χ0v) is 13.2. The van der Waals surface area contributed by atoms with Crippen molar-refractivity contribution in [1.29, 1.82) is 0 Å². The summed E-state index contributed by atoms with van der Waals surface area (Å²) in [4.78, 5) is 12.3. The summed E-state index contributed by atoms with van der Waals surface area (Å²) in [7, 11) is 0. The van der Waals surface area contributed by atoms with Crippen LogP contribution in [0.4, 0.5) is 0 Å². The lowest BCUT2D eigenvalue weighted by molar-refractivity contribution is -0.120. The summed E-state index contributed by atoms with van der Waals surface area (Å²) in [5.74, 6) is 1.83. The summed E-state index contributed by atoms with van der Waals surface area (Å²) < 4.78 is 0. The molecule has 2 heteroatoms. The van der Waals surface area contributed by atoms with E-state index >= 15 is 0 Å². The van der Waals surface area contributed by atoms with Gasteiger partial charge in [-0.25, -0.2) is 0 Å². The normalized spacial score (nSPS) is 38.5. The summed E-state index contributed by atoms with van der Waals surface area (Å²) >= 11 is 0. The number of unbranched alkanes of at least 4 members (excludes halogenated alkanes) is 1. The van der Waals surface area contributed by atoms with Gasteiger partial charge in [0.25, 0.3) is 0 Å². The summed E-state index contributed by atoms with van der Waals surface area (Å²) in [6, 6.07) is 0. The van der Waals surface area contributed by atoms with Crippen LogP contribution >= 0.6 is 0 Å². The van der Waals surface area contributed by atoms with Crippen LogP contribution in [0.25, 0.3) is 0 Å². The van der Waals surface area contributed by atoms with Gasteiger partial charge < -0.3 is 5.11 Å². The number of fused-ring (bicyclic) bond motifs is 1. The van der Waals surface area contributed by atoms with Gasteiger partial charge in [-0.3, -0.25) is 4.79 Å². The monoisotopic (exact) mass is 276 g/mol. The summed E-state index contributed by atoms with van der Waals surface area (Å²) in [5, 5.41) is 9.04. The van der Waals surface area contributed by atoms with E-state index in [0.717, 1.165) is 30.8 Å². The van der Waals surface area contributed by atoms with Crippen LogP contribution in [0.15, 0.2) is 11.1 Å². The molecule has 0 heterocycles. The van der Waals surface area contributed by atoms with Crippen molar-refractivity contribution < 1.29 is 9.90 Å². The van der Waals surface area contributed by atoms with Crippen LogP contribution in [0.2, 0.25) is 0 Å². The average Bonchev–Trinajstić information content (AvgIpc) is 2.68. The Kier molecular flexibility index (Phi) is 3.36. The Hall–Kier alpha value is -0.630. The predicted molar refractivity (Wildman–Crippen MR) is 80.3 cm³/mol. The molecule has 1 spiro atoms. The Bertz CT molecular complexity index is 460. The molecule has 0 aromatic rings. The minimum absolute atomic E-state index is 0.159. The van der Waals surface area contributed by atoms with Gasteiger partial charge in [0.1, 0.15) is 0 Å². The SMILES string of the molecule is CC1=C2CC3CCC(CCCCO)C2(CC1=O)C3(C)C. The molecule has 3 aliphatic carbocycles. The van der Waals surface area contributed by atoms with Crippen molar-refractivity contribution in [1.82, 2.24) is 0 Å². The standard InChI is InChI=1S/C18H28O2/c1-12-15-10-14-8-7-13(6-4-5-9-19)18(15,11-16(12)20)17(14,2)3/h13-14,19H,4-11H2,1-3H3. The van der Waals surface area contributed by atoms with Crippen molar-refractivity contribution in [2.45, 2.75) is 65.7 Å². The smallest absolute Gasteiger partial charge is 0.159 e. The van der Waals surface area contributed by atoms with Gasteiger partial charge in [-0.05, 0) is 61.9 Å². The maximum absolute atomic E-state index is 12.3. The van der Waals surface area contributed by atoms with Crippen LogP contribution < -0.4 is 0 Å². The second kappa shape index (κ2) is 4.69. The number of ketones is 1. The molecule has 2 bridgehead atoms. The molecule has 0 saturated heterocycles. The number of hydrogen-bond acceptors (Lipinski definition) is 2. The zero-order valence-electron chi connectivity index (χ0n) is 13.2. The molecule has 3 rings (SSSR count). The fraction of sp³-hybridized carbons (Fsp3) is 0.833. The van der Waals surface area contributed by atoms with Crippen LogP contribution in [0.5, 0.6) is 0 Å². The van der Waals surface area contributed by atoms with Gasteiger partial charge in [-0.1, -0.05) is 25.8 Å². The molecule has 20 heavy (non-hydrogen) atoms. The molecule has 0 aromatic carbocycles. The molecule has 2 saturated carbocycles. The van der Waals surface area contributed by atoms with Gasteiger partial charge >= 0.3 is 0 Å². The third-order valence-electron chi connectivity index (χ3n) is 6.99. The van der Waals surface area contributed by atoms with Crippen molar-refractivity contribution in [2.24, 2.45) is 22.7 Å². The van der Waals surface area contributed by atoms with E-state index in [2.05, 4.69) is 20.8 Å². The van der Waals surface area contributed by atoms with Crippen LogP contribution in [0.3, 0.4) is 0 Å². The van der Waals surface area contributed by atoms with E-state index in [0.29, 0.717) is 18.3 Å². The number of Topliss-reactive ketones (excluding diaryl/α,β-unsaturated/α-hetero) is 1. The molecule has 2 fully saturated rings. The largest absolute Gasteiger partial charge is 0.396 e. The fourth-order valence-corrected chi connectivity index (χ4v) is 5.73. The lowest BCUT2D eigenvalue weighted by atomic mass is 9.51. The quantitative estimate of drug-likeness (QED) is 0.791. The second-order valence-electron chi connectivity index (χ2n) is 7.79. The molecule has 0 aromatic heterocycles. The first kappa shape index (κ1) is 14.3. The number of carbonyl (C=O) groups excluding carboxylic acids is 1. The number of hydrogen-bond donors (Lipinski definition) is 1. The van der Waals surface area contributed by atoms with Gasteiger partial charge in [0.15, 0.2) is 5.78 Å². The highest BCUT2D eigenvalue weighted by atomic mass is 16.2. The minimum Gasteiger partial charge on any atom is -0.396 e. The number of allylic oxidation sites excluding steroid dienone is 2. The van der Waals surface area contributed by atoms with Crippen LogP contribution in [-0.4, -0.2) is 17.5 Å². The van der Waals surface area contributed by atoms with E-state index in [1.165, 1.54) is 31.3 Å². The molecule has 112 valence electrons. The van der Waals surface area contributed by atoms with Gasteiger partial charge in [0.05, 0.1) is 0 Å². The first-order valence-corrected chi connectivity index (χ1v) is 8.29. The third kappa shape index (κ3) is 1.63. The molecule has 3 atom stereocenters. The maximum atomic E-state index is 12.3. The average molecular weight is 276 g/mol. The molecule has 0 radical (unpaired) electrons. The topological polar surface area (TPSA) is 37.3 Å². The highest BCUT2D eigenvalue weighted by molar-refractivity contribution is 6.00. The maximum Gasteiger partial charge on any atom is 0.159 e. The Morgan fingerprint density at radius 2 is 2.00 bits per heavy atom. The molecule has 0 amide bonds.